The number of carbonyl (C=O) groups is 1. The first-order valence-corrected chi connectivity index (χ1v) is 13.0. The van der Waals surface area contributed by atoms with Crippen molar-refractivity contribution in [2.24, 2.45) is 0 Å². The number of ether oxygens (including phenoxy) is 1. The van der Waals surface area contributed by atoms with Gasteiger partial charge in [-0.2, -0.15) is 0 Å². The number of rotatable bonds is 5. The molecule has 1 aliphatic carbocycles. The van der Waals surface area contributed by atoms with Crippen molar-refractivity contribution >= 4 is 34.2 Å². The number of aromatic nitrogens is 3. The molecule has 2 aliphatic rings. The van der Waals surface area contributed by atoms with Crippen molar-refractivity contribution in [3.8, 4) is 16.9 Å². The molecule has 2 fully saturated rings. The molecule has 1 saturated carbocycles. The molecule has 0 spiro atoms. The summed E-state index contributed by atoms with van der Waals surface area (Å²) in [6.07, 6.45) is 1.20. The summed E-state index contributed by atoms with van der Waals surface area (Å²) in [6.45, 7) is 3.73. The second kappa shape index (κ2) is 9.08. The fourth-order valence-corrected chi connectivity index (χ4v) is 6.09. The Labute approximate surface area is 223 Å². The number of hydrogen-bond acceptors (Lipinski definition) is 5. The lowest BCUT2D eigenvalue weighted by atomic mass is 9.87. The van der Waals surface area contributed by atoms with E-state index < -0.39 is 18.0 Å². The zero-order valence-corrected chi connectivity index (χ0v) is 22.1. The highest BCUT2D eigenvalue weighted by Gasteiger charge is 2.48. The number of fused-ring (bicyclic) bond motifs is 1. The minimum atomic E-state index is -2.71. The Kier molecular flexibility index (Phi) is 5.94. The zero-order valence-electron chi connectivity index (χ0n) is 21.3. The minimum Gasteiger partial charge on any atom is -0.495 e. The highest BCUT2D eigenvalue weighted by Crippen LogP contribution is 2.49. The molecule has 1 atom stereocenters. The third kappa shape index (κ3) is 4.04. The van der Waals surface area contributed by atoms with Gasteiger partial charge in [-0.3, -0.25) is 4.79 Å². The summed E-state index contributed by atoms with van der Waals surface area (Å²) in [5.41, 5.74) is 4.61. The van der Waals surface area contributed by atoms with Crippen LogP contribution in [0.1, 0.15) is 61.5 Å². The molecule has 4 aromatic rings. The van der Waals surface area contributed by atoms with Crippen molar-refractivity contribution < 1.29 is 22.8 Å². The quantitative estimate of drug-likeness (QED) is 0.268. The largest absolute Gasteiger partial charge is 0.495 e. The first-order valence-electron chi connectivity index (χ1n) is 12.7. The van der Waals surface area contributed by atoms with Crippen molar-refractivity contribution in [2.75, 3.05) is 12.0 Å². The van der Waals surface area contributed by atoms with Crippen LogP contribution in [-0.4, -0.2) is 33.6 Å². The lowest BCUT2D eigenvalue weighted by Crippen LogP contribution is -2.42. The summed E-state index contributed by atoms with van der Waals surface area (Å²) in [6, 6.07) is 10.2. The van der Waals surface area contributed by atoms with E-state index in [-0.39, 0.29) is 18.7 Å². The molecule has 6 rings (SSSR count). The van der Waals surface area contributed by atoms with Gasteiger partial charge in [-0.25, -0.2) is 13.8 Å². The molecule has 1 aliphatic heterocycles. The van der Waals surface area contributed by atoms with E-state index in [1.807, 2.05) is 36.6 Å². The Bertz CT molecular complexity index is 1540. The number of hydrogen-bond donors (Lipinski definition) is 0. The summed E-state index contributed by atoms with van der Waals surface area (Å²) in [5.74, 6) is -0.957. The van der Waals surface area contributed by atoms with Crippen LogP contribution in [-0.2, 0) is 4.79 Å². The summed E-state index contributed by atoms with van der Waals surface area (Å²) in [4.78, 5) is 20.0. The molecule has 2 aromatic heterocycles. The van der Waals surface area contributed by atoms with Gasteiger partial charge in [0.15, 0.2) is 0 Å². The summed E-state index contributed by atoms with van der Waals surface area (Å²) in [5, 5.41) is 4.45. The topological polar surface area (TPSA) is 73.4 Å². The maximum absolute atomic E-state index is 14.1. The van der Waals surface area contributed by atoms with Gasteiger partial charge in [0.05, 0.1) is 34.9 Å². The highest BCUT2D eigenvalue weighted by molar-refractivity contribution is 6.32. The van der Waals surface area contributed by atoms with E-state index in [1.54, 1.807) is 23.1 Å². The predicted molar refractivity (Wildman–Crippen MR) is 140 cm³/mol. The fraction of sp³-hybridized carbons (Fsp3) is 0.393. The average molecular weight is 541 g/mol. The van der Waals surface area contributed by atoms with Crippen molar-refractivity contribution in [1.82, 2.24) is 14.7 Å². The third-order valence-electron chi connectivity index (χ3n) is 7.63. The molecule has 10 heteroatoms. The molecule has 0 radical (unpaired) electrons. The van der Waals surface area contributed by atoms with Crippen LogP contribution in [0.15, 0.2) is 40.9 Å². The first kappa shape index (κ1) is 24.9. The molecule has 7 nitrogen and oxygen atoms in total. The number of anilines is 1. The number of halogens is 3. The monoisotopic (exact) mass is 540 g/mol. The maximum Gasteiger partial charge on any atom is 0.252 e. The summed E-state index contributed by atoms with van der Waals surface area (Å²) >= 11 is 6.41. The number of aryl methyl sites for hydroxylation is 2. The second-order valence-corrected chi connectivity index (χ2v) is 10.6. The van der Waals surface area contributed by atoms with E-state index in [0.717, 1.165) is 22.3 Å². The lowest BCUT2D eigenvalue weighted by molar-refractivity contribution is -0.120. The highest BCUT2D eigenvalue weighted by atomic mass is 35.5. The van der Waals surface area contributed by atoms with Gasteiger partial charge < -0.3 is 18.7 Å². The van der Waals surface area contributed by atoms with Crippen LogP contribution in [0.5, 0.6) is 5.75 Å². The van der Waals surface area contributed by atoms with Gasteiger partial charge in [0.25, 0.3) is 5.92 Å². The molecular formula is C28H27ClF2N4O3. The Hall–Kier alpha value is -3.46. The van der Waals surface area contributed by atoms with Gasteiger partial charge in [0.2, 0.25) is 5.91 Å². The number of nitrogens with zero attached hydrogens (tertiary/aromatic N) is 4. The number of amides is 1. The normalized spacial score (nSPS) is 19.7. The smallest absolute Gasteiger partial charge is 0.252 e. The zero-order chi connectivity index (χ0) is 26.8. The fourth-order valence-electron chi connectivity index (χ4n) is 5.84. The lowest BCUT2D eigenvalue weighted by Gasteiger charge is -2.40. The SMILES string of the molecule is COc1ccc(N2C(=O)CCC[C@H]2c2nc3cc(-c4c(C)noc4C)ccc3n2C2CC(F)(F)C2)cc1Cl. The van der Waals surface area contributed by atoms with Crippen LogP contribution in [0.3, 0.4) is 0 Å². The van der Waals surface area contributed by atoms with Crippen molar-refractivity contribution in [3.05, 3.63) is 58.7 Å². The van der Waals surface area contributed by atoms with Crippen LogP contribution < -0.4 is 9.64 Å². The Morgan fingerprint density at radius 3 is 2.61 bits per heavy atom. The van der Waals surface area contributed by atoms with Crippen molar-refractivity contribution in [3.63, 3.8) is 0 Å². The molecule has 1 amide bonds. The number of carbonyl (C=O) groups excluding carboxylic acids is 1. The number of methoxy groups -OCH3 is 1. The van der Waals surface area contributed by atoms with Gasteiger partial charge in [-0.1, -0.05) is 22.8 Å². The van der Waals surface area contributed by atoms with Crippen molar-refractivity contribution in [1.29, 1.82) is 0 Å². The molecule has 198 valence electrons. The molecule has 0 N–H and O–H groups in total. The van der Waals surface area contributed by atoms with E-state index in [4.69, 9.17) is 25.8 Å². The molecule has 3 heterocycles. The predicted octanol–water partition coefficient (Wildman–Crippen LogP) is 7.20. The molecule has 1 saturated heterocycles. The van der Waals surface area contributed by atoms with E-state index >= 15 is 0 Å². The van der Waals surface area contributed by atoms with Gasteiger partial charge >= 0.3 is 0 Å². The van der Waals surface area contributed by atoms with Crippen LogP contribution in [0, 0.1) is 13.8 Å². The van der Waals surface area contributed by atoms with Gasteiger partial charge in [-0.15, -0.1) is 0 Å². The number of benzene rings is 2. The Morgan fingerprint density at radius 1 is 1.16 bits per heavy atom. The number of alkyl halides is 2. The van der Waals surface area contributed by atoms with E-state index in [1.165, 1.54) is 7.11 Å². The van der Waals surface area contributed by atoms with Crippen molar-refractivity contribution in [2.45, 2.75) is 64.0 Å². The van der Waals surface area contributed by atoms with E-state index in [9.17, 15) is 13.6 Å². The maximum atomic E-state index is 14.1. The molecule has 0 bridgehead atoms. The number of imidazole rings is 1. The molecular weight excluding hydrogens is 514 g/mol. The van der Waals surface area contributed by atoms with Gasteiger partial charge in [0, 0.05) is 36.6 Å². The van der Waals surface area contributed by atoms with Crippen LogP contribution in [0.2, 0.25) is 5.02 Å². The molecule has 0 unspecified atom stereocenters. The van der Waals surface area contributed by atoms with E-state index in [2.05, 4.69) is 5.16 Å². The van der Waals surface area contributed by atoms with E-state index in [0.29, 0.717) is 52.8 Å². The second-order valence-electron chi connectivity index (χ2n) is 10.2. The van der Waals surface area contributed by atoms with Crippen LogP contribution in [0.25, 0.3) is 22.2 Å². The van der Waals surface area contributed by atoms with Crippen LogP contribution >= 0.6 is 11.6 Å². The van der Waals surface area contributed by atoms with Crippen LogP contribution in [0.4, 0.5) is 14.5 Å². The average Bonchev–Trinajstić information content (AvgIpc) is 3.40. The molecule has 2 aromatic carbocycles. The first-order chi connectivity index (χ1) is 18.2. The Morgan fingerprint density at radius 2 is 1.95 bits per heavy atom. The summed E-state index contributed by atoms with van der Waals surface area (Å²) < 4.78 is 40.7. The summed E-state index contributed by atoms with van der Waals surface area (Å²) in [7, 11) is 1.53. The standard InChI is InChI=1S/C28H27ClF2N4O3/c1-15-26(16(2)38-33-15)17-7-9-22-21(11-17)32-27(35(22)19-13-28(30,31)14-19)23-5-4-6-25(36)34(23)18-8-10-24(37-3)20(29)12-18/h7-12,19,23H,4-6,13-14H2,1-3H3/t23-/m0/s1. The third-order valence-corrected chi connectivity index (χ3v) is 7.93. The minimum absolute atomic E-state index is 0.0589. The Balaban J connectivity index is 1.50. The molecule has 38 heavy (non-hydrogen) atoms. The van der Waals surface area contributed by atoms with Gasteiger partial charge in [-0.05, 0) is 62.6 Å². The van der Waals surface area contributed by atoms with Gasteiger partial charge in [0.1, 0.15) is 17.3 Å². The number of piperidine rings is 1.